The molecule has 4 heteroatoms. The first-order valence-corrected chi connectivity index (χ1v) is 3.79. The summed E-state index contributed by atoms with van der Waals surface area (Å²) < 4.78 is 0. The number of hydrogen-bond acceptors (Lipinski definition) is 3. The van der Waals surface area contributed by atoms with Crippen molar-refractivity contribution in [1.29, 1.82) is 0 Å². The molecule has 4 nitrogen and oxygen atoms in total. The maximum atomic E-state index is 8.73. The summed E-state index contributed by atoms with van der Waals surface area (Å²) in [7, 11) is 0. The summed E-state index contributed by atoms with van der Waals surface area (Å²) in [4.78, 5) is 3.99. The molecule has 2 heterocycles. The van der Waals surface area contributed by atoms with E-state index in [0.717, 1.165) is 16.6 Å². The molecular formula is C8H9N3O. The number of rotatable bonds is 2. The maximum absolute atomic E-state index is 8.73. The van der Waals surface area contributed by atoms with Crippen molar-refractivity contribution < 1.29 is 5.11 Å². The third-order valence-electron chi connectivity index (χ3n) is 1.80. The van der Waals surface area contributed by atoms with Crippen LogP contribution in [0.1, 0.15) is 5.69 Å². The zero-order valence-corrected chi connectivity index (χ0v) is 6.49. The van der Waals surface area contributed by atoms with Crippen LogP contribution in [0.2, 0.25) is 0 Å². The van der Waals surface area contributed by atoms with Gasteiger partial charge in [0.05, 0.1) is 5.52 Å². The number of aromatic amines is 1. The Morgan fingerprint density at radius 1 is 1.50 bits per heavy atom. The minimum absolute atomic E-state index is 0.131. The van der Waals surface area contributed by atoms with Crippen molar-refractivity contribution >= 4 is 10.9 Å². The van der Waals surface area contributed by atoms with E-state index >= 15 is 0 Å². The Kier molecular flexibility index (Phi) is 1.75. The molecule has 0 radical (unpaired) electrons. The van der Waals surface area contributed by atoms with Crippen molar-refractivity contribution in [1.82, 2.24) is 15.2 Å². The van der Waals surface area contributed by atoms with Crippen molar-refractivity contribution in [2.75, 3.05) is 6.61 Å². The molecule has 12 heavy (non-hydrogen) atoms. The SMILES string of the molecule is OCCc1[nH]nc2ccncc12. The van der Waals surface area contributed by atoms with Crippen molar-refractivity contribution in [3.05, 3.63) is 24.2 Å². The van der Waals surface area contributed by atoms with Gasteiger partial charge in [0.15, 0.2) is 0 Å². The van der Waals surface area contributed by atoms with E-state index in [1.807, 2.05) is 6.07 Å². The van der Waals surface area contributed by atoms with E-state index < -0.39 is 0 Å². The van der Waals surface area contributed by atoms with Crippen LogP contribution in [0.25, 0.3) is 10.9 Å². The Labute approximate surface area is 69.3 Å². The predicted molar refractivity (Wildman–Crippen MR) is 44.7 cm³/mol. The summed E-state index contributed by atoms with van der Waals surface area (Å²) in [5.74, 6) is 0. The van der Waals surface area contributed by atoms with Gasteiger partial charge in [-0.2, -0.15) is 5.10 Å². The number of hydrogen-bond donors (Lipinski definition) is 2. The Hall–Kier alpha value is -1.42. The molecule has 0 unspecified atom stereocenters. The second-order valence-electron chi connectivity index (χ2n) is 2.57. The second-order valence-corrected chi connectivity index (χ2v) is 2.57. The van der Waals surface area contributed by atoms with Gasteiger partial charge >= 0.3 is 0 Å². The van der Waals surface area contributed by atoms with Gasteiger partial charge in [0.2, 0.25) is 0 Å². The van der Waals surface area contributed by atoms with Crippen LogP contribution in [0.15, 0.2) is 18.5 Å². The first kappa shape index (κ1) is 7.24. The van der Waals surface area contributed by atoms with Gasteiger partial charge < -0.3 is 5.11 Å². The molecule has 0 fully saturated rings. The van der Waals surface area contributed by atoms with E-state index in [1.54, 1.807) is 12.4 Å². The van der Waals surface area contributed by atoms with Crippen LogP contribution in [-0.2, 0) is 6.42 Å². The van der Waals surface area contributed by atoms with Crippen LogP contribution in [0.5, 0.6) is 0 Å². The van der Waals surface area contributed by atoms with E-state index in [2.05, 4.69) is 15.2 Å². The molecular weight excluding hydrogens is 154 g/mol. The molecule has 2 aromatic heterocycles. The van der Waals surface area contributed by atoms with Crippen molar-refractivity contribution in [3.63, 3.8) is 0 Å². The Morgan fingerprint density at radius 3 is 3.25 bits per heavy atom. The minimum Gasteiger partial charge on any atom is -0.396 e. The third-order valence-corrected chi connectivity index (χ3v) is 1.80. The van der Waals surface area contributed by atoms with Gasteiger partial charge in [-0.3, -0.25) is 10.1 Å². The Bertz CT molecular complexity index is 382. The summed E-state index contributed by atoms with van der Waals surface area (Å²) in [6.07, 6.45) is 4.05. The number of fused-ring (bicyclic) bond motifs is 1. The van der Waals surface area contributed by atoms with Gasteiger partial charge in [-0.15, -0.1) is 0 Å². The van der Waals surface area contributed by atoms with Gasteiger partial charge in [-0.05, 0) is 6.07 Å². The van der Waals surface area contributed by atoms with E-state index in [0.29, 0.717) is 6.42 Å². The fourth-order valence-corrected chi connectivity index (χ4v) is 1.21. The van der Waals surface area contributed by atoms with Gasteiger partial charge in [0, 0.05) is 36.5 Å². The molecule has 62 valence electrons. The van der Waals surface area contributed by atoms with Crippen LogP contribution in [0.3, 0.4) is 0 Å². The smallest absolute Gasteiger partial charge is 0.0954 e. The van der Waals surface area contributed by atoms with Crippen LogP contribution in [-0.4, -0.2) is 26.9 Å². The number of aliphatic hydroxyl groups excluding tert-OH is 1. The largest absolute Gasteiger partial charge is 0.396 e. The van der Waals surface area contributed by atoms with E-state index in [4.69, 9.17) is 5.11 Å². The fourth-order valence-electron chi connectivity index (χ4n) is 1.21. The van der Waals surface area contributed by atoms with Gasteiger partial charge in [-0.1, -0.05) is 0 Å². The number of aromatic nitrogens is 3. The van der Waals surface area contributed by atoms with Crippen molar-refractivity contribution in [3.8, 4) is 0 Å². The lowest BCUT2D eigenvalue weighted by Gasteiger charge is -1.91. The molecule has 0 aliphatic heterocycles. The molecule has 0 aromatic carbocycles. The quantitative estimate of drug-likeness (QED) is 0.677. The van der Waals surface area contributed by atoms with Crippen LogP contribution in [0.4, 0.5) is 0 Å². The summed E-state index contributed by atoms with van der Waals surface area (Å²) in [5, 5.41) is 16.6. The molecule has 0 saturated carbocycles. The minimum atomic E-state index is 0.131. The predicted octanol–water partition coefficient (Wildman–Crippen LogP) is 0.493. The molecule has 2 rings (SSSR count). The average molecular weight is 163 g/mol. The Morgan fingerprint density at radius 2 is 2.42 bits per heavy atom. The number of H-pyrrole nitrogens is 1. The number of nitrogens with zero attached hydrogens (tertiary/aromatic N) is 2. The zero-order chi connectivity index (χ0) is 8.39. The van der Waals surface area contributed by atoms with Crippen LogP contribution < -0.4 is 0 Å². The highest BCUT2D eigenvalue weighted by Crippen LogP contribution is 2.13. The summed E-state index contributed by atoms with van der Waals surface area (Å²) in [6.45, 7) is 0.131. The summed E-state index contributed by atoms with van der Waals surface area (Å²) >= 11 is 0. The number of nitrogens with one attached hydrogen (secondary N) is 1. The second kappa shape index (κ2) is 2.91. The van der Waals surface area contributed by atoms with E-state index in [-0.39, 0.29) is 6.61 Å². The van der Waals surface area contributed by atoms with E-state index in [9.17, 15) is 0 Å². The van der Waals surface area contributed by atoms with Gasteiger partial charge in [0.25, 0.3) is 0 Å². The average Bonchev–Trinajstić information content (AvgIpc) is 2.50. The first-order valence-electron chi connectivity index (χ1n) is 3.79. The fraction of sp³-hybridized carbons (Fsp3) is 0.250. The molecule has 0 bridgehead atoms. The van der Waals surface area contributed by atoms with Crippen molar-refractivity contribution in [2.45, 2.75) is 6.42 Å². The van der Waals surface area contributed by atoms with Gasteiger partial charge in [-0.25, -0.2) is 0 Å². The van der Waals surface area contributed by atoms with E-state index in [1.165, 1.54) is 0 Å². The Balaban J connectivity index is 2.55. The molecule has 2 N–H and O–H groups in total. The van der Waals surface area contributed by atoms with Crippen LogP contribution in [0, 0.1) is 0 Å². The highest BCUT2D eigenvalue weighted by atomic mass is 16.3. The lowest BCUT2D eigenvalue weighted by molar-refractivity contribution is 0.298. The lowest BCUT2D eigenvalue weighted by atomic mass is 10.2. The normalized spacial score (nSPS) is 10.8. The molecule has 0 atom stereocenters. The summed E-state index contributed by atoms with van der Waals surface area (Å²) in [6, 6.07) is 1.84. The molecule has 0 aliphatic carbocycles. The lowest BCUT2D eigenvalue weighted by Crippen LogP contribution is -1.90. The topological polar surface area (TPSA) is 61.8 Å². The highest BCUT2D eigenvalue weighted by Gasteiger charge is 2.02. The first-order chi connectivity index (χ1) is 5.92. The van der Waals surface area contributed by atoms with Gasteiger partial charge in [0.1, 0.15) is 0 Å². The molecule has 0 aliphatic rings. The monoisotopic (exact) mass is 163 g/mol. The molecule has 2 aromatic rings. The zero-order valence-electron chi connectivity index (χ0n) is 6.49. The molecule has 0 saturated heterocycles. The standard InChI is InChI=1S/C8H9N3O/c12-4-2-8-6-5-9-3-1-7(6)10-11-8/h1,3,5,12H,2,4H2,(H,10,11). The number of aliphatic hydroxyl groups is 1. The summed E-state index contributed by atoms with van der Waals surface area (Å²) in [5.41, 5.74) is 1.84. The maximum Gasteiger partial charge on any atom is 0.0954 e. The number of pyridine rings is 1. The third kappa shape index (κ3) is 1.06. The van der Waals surface area contributed by atoms with Crippen LogP contribution >= 0.6 is 0 Å². The molecule has 0 spiro atoms. The van der Waals surface area contributed by atoms with Crippen molar-refractivity contribution in [2.24, 2.45) is 0 Å². The molecule has 0 amide bonds. The highest BCUT2D eigenvalue weighted by molar-refractivity contribution is 5.79.